The number of nitrogens with one attached hydrogen (secondary N) is 1. The standard InChI is InChI=1S/C20H18N2O3/c1-14(15-4-7-17(8-5-15)22-10-2-3-11-22)21-20(23)16-6-9-18-19(12-16)25-13-24-18/h2-12,14H,13H2,1H3,(H,21,23). The molecule has 0 fully saturated rings. The Bertz CT molecular complexity index is 886. The van der Waals surface area contributed by atoms with Crippen LogP contribution >= 0.6 is 0 Å². The summed E-state index contributed by atoms with van der Waals surface area (Å²) >= 11 is 0. The Labute approximate surface area is 145 Å². The second kappa shape index (κ2) is 6.36. The molecule has 1 aromatic heterocycles. The summed E-state index contributed by atoms with van der Waals surface area (Å²) < 4.78 is 12.6. The number of amides is 1. The van der Waals surface area contributed by atoms with Crippen LogP contribution in [-0.4, -0.2) is 17.3 Å². The summed E-state index contributed by atoms with van der Waals surface area (Å²) in [4.78, 5) is 12.5. The van der Waals surface area contributed by atoms with Crippen LogP contribution in [0.1, 0.15) is 28.9 Å². The quantitative estimate of drug-likeness (QED) is 0.791. The van der Waals surface area contributed by atoms with E-state index < -0.39 is 0 Å². The van der Waals surface area contributed by atoms with Gasteiger partial charge >= 0.3 is 0 Å². The first-order chi connectivity index (χ1) is 12.2. The fourth-order valence-electron chi connectivity index (χ4n) is 2.84. The molecule has 0 aliphatic carbocycles. The highest BCUT2D eigenvalue weighted by Gasteiger charge is 2.17. The van der Waals surface area contributed by atoms with Crippen molar-refractivity contribution in [1.82, 2.24) is 9.88 Å². The van der Waals surface area contributed by atoms with Gasteiger partial charge < -0.3 is 19.4 Å². The predicted molar refractivity (Wildman–Crippen MR) is 94.2 cm³/mol. The molecule has 1 atom stereocenters. The summed E-state index contributed by atoms with van der Waals surface area (Å²) in [7, 11) is 0. The predicted octanol–water partition coefficient (Wildman–Crippen LogP) is 3.70. The smallest absolute Gasteiger partial charge is 0.251 e. The minimum atomic E-state index is -0.139. The van der Waals surface area contributed by atoms with Gasteiger partial charge in [-0.3, -0.25) is 4.79 Å². The van der Waals surface area contributed by atoms with Crippen LogP contribution in [0, 0.1) is 0 Å². The summed E-state index contributed by atoms with van der Waals surface area (Å²) in [6.07, 6.45) is 4.00. The molecule has 126 valence electrons. The number of carbonyl (C=O) groups is 1. The maximum atomic E-state index is 12.5. The van der Waals surface area contributed by atoms with E-state index in [2.05, 4.69) is 5.32 Å². The third-order valence-electron chi connectivity index (χ3n) is 4.28. The number of ether oxygens (including phenoxy) is 2. The molecular formula is C20H18N2O3. The minimum Gasteiger partial charge on any atom is -0.454 e. The fraction of sp³-hybridized carbons (Fsp3) is 0.150. The van der Waals surface area contributed by atoms with Crippen LogP contribution in [0.3, 0.4) is 0 Å². The van der Waals surface area contributed by atoms with Crippen molar-refractivity contribution in [2.75, 3.05) is 6.79 Å². The van der Waals surface area contributed by atoms with Crippen molar-refractivity contribution in [3.8, 4) is 17.2 Å². The van der Waals surface area contributed by atoms with Gasteiger partial charge in [0.05, 0.1) is 6.04 Å². The normalized spacial score (nSPS) is 13.5. The molecule has 0 spiro atoms. The largest absolute Gasteiger partial charge is 0.454 e. The lowest BCUT2D eigenvalue weighted by atomic mass is 10.1. The lowest BCUT2D eigenvalue weighted by Gasteiger charge is -2.15. The summed E-state index contributed by atoms with van der Waals surface area (Å²) in [5.74, 6) is 1.14. The van der Waals surface area contributed by atoms with E-state index in [4.69, 9.17) is 9.47 Å². The number of hydrogen-bond acceptors (Lipinski definition) is 3. The van der Waals surface area contributed by atoms with Gasteiger partial charge in [-0.25, -0.2) is 0 Å². The van der Waals surface area contributed by atoms with E-state index in [1.165, 1.54) is 0 Å². The monoisotopic (exact) mass is 334 g/mol. The minimum absolute atomic E-state index is 0.100. The Morgan fingerprint density at radius 2 is 1.76 bits per heavy atom. The molecule has 5 nitrogen and oxygen atoms in total. The zero-order valence-electron chi connectivity index (χ0n) is 13.8. The fourth-order valence-corrected chi connectivity index (χ4v) is 2.84. The Hall–Kier alpha value is -3.21. The Kier molecular flexibility index (Phi) is 3.90. The lowest BCUT2D eigenvalue weighted by molar-refractivity contribution is 0.0939. The molecule has 0 radical (unpaired) electrons. The Morgan fingerprint density at radius 1 is 1.04 bits per heavy atom. The van der Waals surface area contributed by atoms with Crippen LogP contribution in [0.2, 0.25) is 0 Å². The van der Waals surface area contributed by atoms with Crippen LogP contribution in [0.25, 0.3) is 5.69 Å². The average Bonchev–Trinajstić information content (AvgIpc) is 3.32. The van der Waals surface area contributed by atoms with E-state index in [1.807, 2.05) is 60.3 Å². The number of fused-ring (bicyclic) bond motifs is 1. The molecular weight excluding hydrogens is 316 g/mol. The maximum Gasteiger partial charge on any atom is 0.251 e. The van der Waals surface area contributed by atoms with Crippen molar-refractivity contribution < 1.29 is 14.3 Å². The first-order valence-corrected chi connectivity index (χ1v) is 8.14. The molecule has 25 heavy (non-hydrogen) atoms. The van der Waals surface area contributed by atoms with Crippen molar-refractivity contribution in [2.45, 2.75) is 13.0 Å². The highest BCUT2D eigenvalue weighted by atomic mass is 16.7. The van der Waals surface area contributed by atoms with Crippen molar-refractivity contribution >= 4 is 5.91 Å². The topological polar surface area (TPSA) is 52.5 Å². The van der Waals surface area contributed by atoms with E-state index in [-0.39, 0.29) is 18.7 Å². The highest BCUT2D eigenvalue weighted by molar-refractivity contribution is 5.95. The zero-order valence-corrected chi connectivity index (χ0v) is 13.8. The number of nitrogens with zero attached hydrogens (tertiary/aromatic N) is 1. The van der Waals surface area contributed by atoms with Crippen LogP contribution in [-0.2, 0) is 0 Å². The second-order valence-electron chi connectivity index (χ2n) is 5.95. The molecule has 1 unspecified atom stereocenters. The highest BCUT2D eigenvalue weighted by Crippen LogP contribution is 2.32. The summed E-state index contributed by atoms with van der Waals surface area (Å²) in [6, 6.07) is 17.2. The third kappa shape index (κ3) is 3.08. The molecule has 1 N–H and O–H groups in total. The number of hydrogen-bond donors (Lipinski definition) is 1. The first-order valence-electron chi connectivity index (χ1n) is 8.14. The molecule has 3 aromatic rings. The van der Waals surface area contributed by atoms with Crippen molar-refractivity contribution in [2.24, 2.45) is 0 Å². The molecule has 0 saturated carbocycles. The molecule has 5 heteroatoms. The molecule has 2 heterocycles. The number of benzene rings is 2. The van der Waals surface area contributed by atoms with E-state index in [9.17, 15) is 4.79 Å². The SMILES string of the molecule is CC(NC(=O)c1ccc2c(c1)OCO2)c1ccc(-n2cccc2)cc1. The van der Waals surface area contributed by atoms with E-state index in [1.54, 1.807) is 18.2 Å². The van der Waals surface area contributed by atoms with Crippen LogP contribution < -0.4 is 14.8 Å². The van der Waals surface area contributed by atoms with E-state index >= 15 is 0 Å². The van der Waals surface area contributed by atoms with Gasteiger partial charge in [-0.2, -0.15) is 0 Å². The molecule has 1 aliphatic rings. The van der Waals surface area contributed by atoms with E-state index in [0.717, 1.165) is 11.3 Å². The van der Waals surface area contributed by atoms with Crippen LogP contribution in [0.4, 0.5) is 0 Å². The number of carbonyl (C=O) groups excluding carboxylic acids is 1. The molecule has 2 aromatic carbocycles. The maximum absolute atomic E-state index is 12.5. The molecule has 4 rings (SSSR count). The molecule has 1 aliphatic heterocycles. The first kappa shape index (κ1) is 15.3. The Morgan fingerprint density at radius 3 is 2.52 bits per heavy atom. The van der Waals surface area contributed by atoms with Crippen molar-refractivity contribution in [3.05, 3.63) is 78.1 Å². The van der Waals surface area contributed by atoms with Gasteiger partial charge in [0.2, 0.25) is 6.79 Å². The van der Waals surface area contributed by atoms with Gasteiger partial charge in [0, 0.05) is 23.6 Å². The number of rotatable bonds is 4. The molecule has 0 bridgehead atoms. The van der Waals surface area contributed by atoms with Gasteiger partial charge in [0.15, 0.2) is 11.5 Å². The van der Waals surface area contributed by atoms with Gasteiger partial charge in [0.1, 0.15) is 0 Å². The lowest BCUT2D eigenvalue weighted by Crippen LogP contribution is -2.26. The van der Waals surface area contributed by atoms with Gasteiger partial charge in [-0.1, -0.05) is 12.1 Å². The van der Waals surface area contributed by atoms with Crippen LogP contribution in [0.5, 0.6) is 11.5 Å². The van der Waals surface area contributed by atoms with Gasteiger partial charge in [0.25, 0.3) is 5.91 Å². The molecule has 1 amide bonds. The average molecular weight is 334 g/mol. The van der Waals surface area contributed by atoms with Crippen LogP contribution in [0.15, 0.2) is 67.0 Å². The number of aromatic nitrogens is 1. The second-order valence-corrected chi connectivity index (χ2v) is 5.95. The third-order valence-corrected chi connectivity index (χ3v) is 4.28. The summed E-state index contributed by atoms with van der Waals surface area (Å²) in [6.45, 7) is 2.17. The molecule has 0 saturated heterocycles. The summed E-state index contributed by atoms with van der Waals surface area (Å²) in [5.41, 5.74) is 2.69. The van der Waals surface area contributed by atoms with Crippen molar-refractivity contribution in [3.63, 3.8) is 0 Å². The Balaban J connectivity index is 1.46. The summed E-state index contributed by atoms with van der Waals surface area (Å²) in [5, 5.41) is 3.02. The van der Waals surface area contributed by atoms with Gasteiger partial charge in [-0.15, -0.1) is 0 Å². The van der Waals surface area contributed by atoms with Gasteiger partial charge in [-0.05, 0) is 55.0 Å². The zero-order chi connectivity index (χ0) is 17.2. The van der Waals surface area contributed by atoms with Crippen molar-refractivity contribution in [1.29, 1.82) is 0 Å². The van der Waals surface area contributed by atoms with E-state index in [0.29, 0.717) is 17.1 Å².